The molecule has 134 valence electrons. The lowest BCUT2D eigenvalue weighted by Gasteiger charge is -2.36. The lowest BCUT2D eigenvalue weighted by atomic mass is 9.92. The molecule has 1 aliphatic rings. The summed E-state index contributed by atoms with van der Waals surface area (Å²) in [6.07, 6.45) is 1.66. The summed E-state index contributed by atoms with van der Waals surface area (Å²) in [4.78, 5) is 25.4. The largest absolute Gasteiger partial charge is 0.347 e. The summed E-state index contributed by atoms with van der Waals surface area (Å²) in [6, 6.07) is -0.101. The van der Waals surface area contributed by atoms with E-state index in [2.05, 4.69) is 34.3 Å². The topological polar surface area (TPSA) is 104 Å². The van der Waals surface area contributed by atoms with Gasteiger partial charge in [-0.2, -0.15) is 5.10 Å². The van der Waals surface area contributed by atoms with Gasteiger partial charge in [0.05, 0.1) is 4.92 Å². The lowest BCUT2D eigenvalue weighted by molar-refractivity contribution is -0.385. The van der Waals surface area contributed by atoms with Gasteiger partial charge in [-0.15, -0.1) is 0 Å². The van der Waals surface area contributed by atoms with Crippen LogP contribution in [-0.4, -0.2) is 51.6 Å². The lowest BCUT2D eigenvalue weighted by Crippen LogP contribution is -2.47. The molecule has 0 bridgehead atoms. The molecule has 2 rings (SSSR count). The second kappa shape index (κ2) is 7.74. The van der Waals surface area contributed by atoms with Crippen molar-refractivity contribution < 1.29 is 9.72 Å². The van der Waals surface area contributed by atoms with Crippen molar-refractivity contribution in [3.05, 3.63) is 21.5 Å². The predicted octanol–water partition coefficient (Wildman–Crippen LogP) is 1.98. The first-order valence-corrected chi connectivity index (χ1v) is 8.56. The van der Waals surface area contributed by atoms with E-state index in [9.17, 15) is 14.9 Å². The molecule has 1 aromatic heterocycles. The maximum atomic E-state index is 12.4. The third-order valence-corrected chi connectivity index (χ3v) is 4.42. The van der Waals surface area contributed by atoms with Crippen LogP contribution in [0.25, 0.3) is 0 Å². The van der Waals surface area contributed by atoms with Gasteiger partial charge in [-0.25, -0.2) is 0 Å². The van der Waals surface area contributed by atoms with Gasteiger partial charge in [0.1, 0.15) is 5.69 Å². The van der Waals surface area contributed by atoms with Crippen LogP contribution in [0, 0.1) is 22.0 Å². The number of aromatic nitrogens is 2. The van der Waals surface area contributed by atoms with Crippen LogP contribution in [0.5, 0.6) is 0 Å². The van der Waals surface area contributed by atoms with E-state index in [1.807, 2.05) is 6.92 Å². The standard InChI is InChI=1S/C16H27N5O3/c1-5-13-15(21(23)24)14(19-18-13)16(22)17-12(4)9-20-7-10(2)6-11(3)8-20/h10-12H,5-9H2,1-4H3,(H,17,22)(H,18,19). The molecule has 1 aromatic rings. The number of carbonyl (C=O) groups is 1. The van der Waals surface area contributed by atoms with Crippen LogP contribution in [0.1, 0.15) is 50.3 Å². The summed E-state index contributed by atoms with van der Waals surface area (Å²) in [7, 11) is 0. The summed E-state index contributed by atoms with van der Waals surface area (Å²) in [5.74, 6) is 0.802. The number of hydrogen-bond donors (Lipinski definition) is 2. The Bertz CT molecular complexity index is 591. The molecule has 0 aliphatic carbocycles. The summed E-state index contributed by atoms with van der Waals surface area (Å²) >= 11 is 0. The van der Waals surface area contributed by atoms with Gasteiger partial charge in [0, 0.05) is 25.7 Å². The average Bonchev–Trinajstić information content (AvgIpc) is 2.89. The molecule has 1 amide bonds. The zero-order valence-corrected chi connectivity index (χ0v) is 14.8. The molecule has 8 nitrogen and oxygen atoms in total. The number of rotatable bonds is 6. The maximum absolute atomic E-state index is 12.4. The number of H-pyrrole nitrogens is 1. The second-order valence-corrected chi connectivity index (χ2v) is 7.05. The Balaban J connectivity index is 1.99. The fourth-order valence-corrected chi connectivity index (χ4v) is 3.64. The van der Waals surface area contributed by atoms with Crippen molar-refractivity contribution in [2.75, 3.05) is 19.6 Å². The molecule has 3 unspecified atom stereocenters. The number of hydrogen-bond acceptors (Lipinski definition) is 5. The molecule has 1 saturated heterocycles. The van der Waals surface area contributed by atoms with Gasteiger partial charge in [0.2, 0.25) is 5.69 Å². The Morgan fingerprint density at radius 1 is 1.46 bits per heavy atom. The van der Waals surface area contributed by atoms with E-state index in [1.165, 1.54) is 6.42 Å². The van der Waals surface area contributed by atoms with E-state index in [4.69, 9.17) is 0 Å². The number of nitro groups is 1. The molecule has 0 aromatic carbocycles. The third-order valence-electron chi connectivity index (χ3n) is 4.42. The number of nitrogens with one attached hydrogen (secondary N) is 2. The summed E-state index contributed by atoms with van der Waals surface area (Å²) in [6.45, 7) is 11.0. The Hall–Kier alpha value is -1.96. The molecule has 2 N–H and O–H groups in total. The number of likely N-dealkylation sites (tertiary alicyclic amines) is 1. The van der Waals surface area contributed by atoms with Gasteiger partial charge in [0.25, 0.3) is 5.91 Å². The van der Waals surface area contributed by atoms with Crippen molar-refractivity contribution in [2.24, 2.45) is 11.8 Å². The first-order valence-electron chi connectivity index (χ1n) is 8.56. The molecule has 0 spiro atoms. The molecule has 2 heterocycles. The summed E-state index contributed by atoms with van der Waals surface area (Å²) in [5, 5.41) is 20.5. The highest BCUT2D eigenvalue weighted by molar-refractivity contribution is 5.96. The van der Waals surface area contributed by atoms with E-state index in [1.54, 1.807) is 6.92 Å². The number of carbonyl (C=O) groups excluding carboxylic acids is 1. The fraction of sp³-hybridized carbons (Fsp3) is 0.750. The van der Waals surface area contributed by atoms with Crippen molar-refractivity contribution in [2.45, 2.75) is 46.6 Å². The second-order valence-electron chi connectivity index (χ2n) is 7.05. The Morgan fingerprint density at radius 3 is 2.62 bits per heavy atom. The quantitative estimate of drug-likeness (QED) is 0.610. The first-order chi connectivity index (χ1) is 11.3. The normalized spacial score (nSPS) is 23.0. The number of piperidine rings is 1. The predicted molar refractivity (Wildman–Crippen MR) is 90.9 cm³/mol. The Labute approximate surface area is 142 Å². The van der Waals surface area contributed by atoms with E-state index in [0.717, 1.165) is 19.6 Å². The smallest absolute Gasteiger partial charge is 0.322 e. The van der Waals surface area contributed by atoms with Gasteiger partial charge in [-0.1, -0.05) is 20.8 Å². The number of aryl methyl sites for hydroxylation is 1. The minimum Gasteiger partial charge on any atom is -0.347 e. The molecule has 1 fully saturated rings. The van der Waals surface area contributed by atoms with Crippen LogP contribution in [0.2, 0.25) is 0 Å². The minimum absolute atomic E-state index is 0.101. The highest BCUT2D eigenvalue weighted by Gasteiger charge is 2.29. The molecular formula is C16H27N5O3. The van der Waals surface area contributed by atoms with Crippen LogP contribution < -0.4 is 5.32 Å². The maximum Gasteiger partial charge on any atom is 0.322 e. The van der Waals surface area contributed by atoms with Gasteiger partial charge < -0.3 is 10.2 Å². The van der Waals surface area contributed by atoms with Crippen LogP contribution in [-0.2, 0) is 6.42 Å². The van der Waals surface area contributed by atoms with E-state index >= 15 is 0 Å². The molecule has 0 radical (unpaired) electrons. The fourth-order valence-electron chi connectivity index (χ4n) is 3.64. The molecule has 1 aliphatic heterocycles. The highest BCUT2D eigenvalue weighted by atomic mass is 16.6. The van der Waals surface area contributed by atoms with Crippen LogP contribution in [0.3, 0.4) is 0 Å². The Kier molecular flexibility index (Phi) is 5.93. The van der Waals surface area contributed by atoms with Crippen molar-refractivity contribution in [1.29, 1.82) is 0 Å². The first kappa shape index (κ1) is 18.4. The zero-order valence-electron chi connectivity index (χ0n) is 14.8. The van der Waals surface area contributed by atoms with Crippen molar-refractivity contribution in [3.63, 3.8) is 0 Å². The Morgan fingerprint density at radius 2 is 2.08 bits per heavy atom. The van der Waals surface area contributed by atoms with Crippen molar-refractivity contribution in [3.8, 4) is 0 Å². The number of amides is 1. The van der Waals surface area contributed by atoms with Crippen LogP contribution in [0.4, 0.5) is 5.69 Å². The van der Waals surface area contributed by atoms with Gasteiger partial charge in [0.15, 0.2) is 0 Å². The van der Waals surface area contributed by atoms with Gasteiger partial charge >= 0.3 is 5.69 Å². The summed E-state index contributed by atoms with van der Waals surface area (Å²) < 4.78 is 0. The van der Waals surface area contributed by atoms with E-state index < -0.39 is 10.8 Å². The molecule has 24 heavy (non-hydrogen) atoms. The zero-order chi connectivity index (χ0) is 17.9. The van der Waals surface area contributed by atoms with Gasteiger partial charge in [-0.05, 0) is 31.6 Å². The van der Waals surface area contributed by atoms with Crippen molar-refractivity contribution >= 4 is 11.6 Å². The van der Waals surface area contributed by atoms with Gasteiger partial charge in [-0.3, -0.25) is 20.0 Å². The molecular weight excluding hydrogens is 310 g/mol. The number of aromatic amines is 1. The minimum atomic E-state index is -0.546. The monoisotopic (exact) mass is 337 g/mol. The van der Waals surface area contributed by atoms with Crippen LogP contribution >= 0.6 is 0 Å². The molecule has 8 heteroatoms. The number of nitrogens with zero attached hydrogens (tertiary/aromatic N) is 3. The molecule has 0 saturated carbocycles. The third kappa shape index (κ3) is 4.31. The van der Waals surface area contributed by atoms with E-state index in [0.29, 0.717) is 24.0 Å². The van der Waals surface area contributed by atoms with E-state index in [-0.39, 0.29) is 17.4 Å². The highest BCUT2D eigenvalue weighted by Crippen LogP contribution is 2.22. The SMILES string of the molecule is CCc1[nH]nc(C(=O)NC(C)CN2CC(C)CC(C)C2)c1[N+](=O)[O-]. The average molecular weight is 337 g/mol. The van der Waals surface area contributed by atoms with Crippen molar-refractivity contribution in [1.82, 2.24) is 20.4 Å². The summed E-state index contributed by atoms with van der Waals surface area (Å²) in [5.41, 5.74) is 0.0166. The molecule has 3 atom stereocenters. The van der Waals surface area contributed by atoms with Crippen LogP contribution in [0.15, 0.2) is 0 Å².